The number of ether oxygens (including phenoxy) is 2. The summed E-state index contributed by atoms with van der Waals surface area (Å²) in [5.74, 6) is 2.84. The third kappa shape index (κ3) is 7.81. The number of hydrogen-bond donors (Lipinski definition) is 0. The van der Waals surface area contributed by atoms with Gasteiger partial charge in [0.15, 0.2) is 0 Å². The quantitative estimate of drug-likeness (QED) is 0.0772. The molecule has 0 bridgehead atoms. The Morgan fingerprint density at radius 2 is 1.07 bits per heavy atom. The topological polar surface area (TPSA) is 48.0 Å². The zero-order valence-corrected chi connectivity index (χ0v) is 33.4. The third-order valence-corrected chi connectivity index (χ3v) is 15.5. The van der Waals surface area contributed by atoms with Crippen molar-refractivity contribution in [1.29, 1.82) is 0 Å². The van der Waals surface area contributed by atoms with Crippen LogP contribution in [0.4, 0.5) is 4.79 Å². The van der Waals surface area contributed by atoms with Crippen LogP contribution in [0.5, 0.6) is 0 Å². The molecule has 0 unspecified atom stereocenters. The zero-order valence-electron chi connectivity index (χ0n) is 32.4. The van der Waals surface area contributed by atoms with Crippen molar-refractivity contribution in [3.63, 3.8) is 0 Å². The van der Waals surface area contributed by atoms with E-state index < -0.39 is 31.7 Å². The molecule has 1 heterocycles. The van der Waals surface area contributed by atoms with Crippen LogP contribution in [0.15, 0.2) is 152 Å². The van der Waals surface area contributed by atoms with Crippen molar-refractivity contribution in [2.45, 2.75) is 76.3 Å². The van der Waals surface area contributed by atoms with E-state index in [4.69, 9.17) is 20.3 Å². The molecule has 1 amide bonds. The zero-order chi connectivity index (χ0) is 38.4. The number of hydrogen-bond acceptors (Lipinski definition) is 4. The van der Waals surface area contributed by atoms with Gasteiger partial charge in [-0.1, -0.05) is 178 Å². The summed E-state index contributed by atoms with van der Waals surface area (Å²) in [5.41, 5.74) is 1.30. The van der Waals surface area contributed by atoms with Crippen molar-refractivity contribution in [1.82, 2.24) is 4.90 Å². The molecule has 54 heavy (non-hydrogen) atoms. The van der Waals surface area contributed by atoms with Gasteiger partial charge in [0, 0.05) is 12.5 Å². The maximum Gasteiger partial charge on any atom is 0.411 e. The normalized spacial score (nSPS) is 17.9. The van der Waals surface area contributed by atoms with Crippen LogP contribution in [0.2, 0.25) is 5.04 Å². The Morgan fingerprint density at radius 1 is 0.667 bits per heavy atom. The van der Waals surface area contributed by atoms with Gasteiger partial charge in [-0.15, -0.1) is 6.42 Å². The van der Waals surface area contributed by atoms with Crippen LogP contribution in [0.25, 0.3) is 0 Å². The second kappa shape index (κ2) is 16.2. The lowest BCUT2D eigenvalue weighted by molar-refractivity contribution is -0.0279. The molecular weight excluding hydrogens is 683 g/mol. The highest BCUT2D eigenvalue weighted by molar-refractivity contribution is 6.99. The van der Waals surface area contributed by atoms with Crippen LogP contribution in [0, 0.1) is 18.3 Å². The molecule has 0 saturated carbocycles. The monoisotopic (exact) mass is 735 g/mol. The first-order valence-corrected chi connectivity index (χ1v) is 20.8. The molecule has 0 spiro atoms. The molecule has 5 aromatic rings. The van der Waals surface area contributed by atoms with E-state index >= 15 is 0 Å². The molecule has 6 heteroatoms. The summed E-state index contributed by atoms with van der Waals surface area (Å²) in [6, 6.07) is 51.1. The molecule has 5 nitrogen and oxygen atoms in total. The molecule has 1 aliphatic heterocycles. The summed E-state index contributed by atoms with van der Waals surface area (Å²) in [7, 11) is -2.88. The summed E-state index contributed by atoms with van der Waals surface area (Å²) in [5, 5.41) is 2.18. The number of amides is 1. The van der Waals surface area contributed by atoms with E-state index in [1.54, 1.807) is 4.90 Å². The molecule has 5 aromatic carbocycles. The van der Waals surface area contributed by atoms with E-state index in [9.17, 15) is 4.79 Å². The lowest BCUT2D eigenvalue weighted by Gasteiger charge is -2.43. The van der Waals surface area contributed by atoms with Crippen molar-refractivity contribution in [2.24, 2.45) is 5.92 Å². The predicted octanol–water partition coefficient (Wildman–Crippen LogP) is 9.20. The average molecular weight is 736 g/mol. The molecular formula is C48H53NO4Si. The van der Waals surface area contributed by atoms with E-state index in [2.05, 4.69) is 112 Å². The van der Waals surface area contributed by atoms with Gasteiger partial charge in [-0.2, -0.15) is 0 Å². The van der Waals surface area contributed by atoms with E-state index in [1.165, 1.54) is 10.4 Å². The first kappa shape index (κ1) is 38.8. The van der Waals surface area contributed by atoms with Crippen LogP contribution in [-0.2, 0) is 19.5 Å². The summed E-state index contributed by atoms with van der Waals surface area (Å²) in [6.45, 7) is 13.0. The lowest BCUT2D eigenvalue weighted by Crippen LogP contribution is -2.67. The largest absolute Gasteiger partial charge is 0.444 e. The standard InChI is InChI=1S/C48H53NO4Si/c1-8-44-37(35-52-54(47(5,6)7,42-30-20-12-21-31-42)43-32-22-13-23-33-43)34-41(49(44)45(50)53-46(2,3)4)36-51-48(38-24-14-9-15-25-38,39-26-16-10-17-27-39)40-28-18-11-19-29-40/h1,9-33,37,41,44H,34-36H2,2-7H3/t37-,41+,44-/m0/s1. The Kier molecular flexibility index (Phi) is 11.6. The fourth-order valence-corrected chi connectivity index (χ4v) is 12.8. The smallest absolute Gasteiger partial charge is 0.411 e. The van der Waals surface area contributed by atoms with Crippen molar-refractivity contribution in [3.8, 4) is 12.3 Å². The summed E-state index contributed by atoms with van der Waals surface area (Å²) >= 11 is 0. The number of benzene rings is 5. The van der Waals surface area contributed by atoms with E-state index in [-0.39, 0.29) is 23.6 Å². The first-order valence-electron chi connectivity index (χ1n) is 18.9. The number of carbonyl (C=O) groups excluding carboxylic acids is 1. The molecule has 6 rings (SSSR count). The maximum atomic E-state index is 14.2. The Balaban J connectivity index is 1.41. The fraction of sp³-hybridized carbons (Fsp3) is 0.312. The predicted molar refractivity (Wildman–Crippen MR) is 221 cm³/mol. The highest BCUT2D eigenvalue weighted by Crippen LogP contribution is 2.43. The average Bonchev–Trinajstić information content (AvgIpc) is 3.54. The van der Waals surface area contributed by atoms with Crippen LogP contribution in [0.1, 0.15) is 64.7 Å². The van der Waals surface area contributed by atoms with Gasteiger partial charge < -0.3 is 13.9 Å². The molecule has 278 valence electrons. The second-order valence-electron chi connectivity index (χ2n) is 16.2. The third-order valence-electron chi connectivity index (χ3n) is 10.5. The molecule has 1 saturated heterocycles. The fourth-order valence-electron chi connectivity index (χ4n) is 8.13. The molecule has 1 fully saturated rings. The summed E-state index contributed by atoms with van der Waals surface area (Å²) in [6.07, 6.45) is 6.53. The van der Waals surface area contributed by atoms with Gasteiger partial charge in [0.2, 0.25) is 0 Å². The van der Waals surface area contributed by atoms with Crippen molar-refractivity contribution < 1.29 is 18.7 Å². The van der Waals surface area contributed by atoms with E-state index in [1.807, 2.05) is 87.5 Å². The highest BCUT2D eigenvalue weighted by Gasteiger charge is 2.53. The van der Waals surface area contributed by atoms with Crippen LogP contribution in [-0.4, -0.2) is 50.2 Å². The van der Waals surface area contributed by atoms with Crippen molar-refractivity contribution in [2.75, 3.05) is 13.2 Å². The van der Waals surface area contributed by atoms with Gasteiger partial charge in [0.25, 0.3) is 8.32 Å². The van der Waals surface area contributed by atoms with E-state index in [0.29, 0.717) is 13.0 Å². The molecule has 3 atom stereocenters. The first-order chi connectivity index (χ1) is 25.9. The number of rotatable bonds is 11. The molecule has 1 aliphatic rings. The number of carbonyl (C=O) groups is 1. The van der Waals surface area contributed by atoms with Gasteiger partial charge in [-0.05, 0) is 59.3 Å². The van der Waals surface area contributed by atoms with Gasteiger partial charge >= 0.3 is 6.09 Å². The number of nitrogens with zero attached hydrogens (tertiary/aromatic N) is 1. The van der Waals surface area contributed by atoms with Gasteiger partial charge in [0.1, 0.15) is 17.2 Å². The van der Waals surface area contributed by atoms with Crippen molar-refractivity contribution in [3.05, 3.63) is 168 Å². The lowest BCUT2D eigenvalue weighted by atomic mass is 9.80. The second-order valence-corrected chi connectivity index (χ2v) is 20.5. The number of likely N-dealkylation sites (tertiary alicyclic amines) is 1. The Bertz CT molecular complexity index is 1850. The minimum absolute atomic E-state index is 0.169. The Morgan fingerprint density at radius 3 is 1.44 bits per heavy atom. The van der Waals surface area contributed by atoms with Crippen molar-refractivity contribution >= 4 is 24.8 Å². The molecule has 0 radical (unpaired) electrons. The minimum atomic E-state index is -2.88. The minimum Gasteiger partial charge on any atom is -0.444 e. The van der Waals surface area contributed by atoms with Gasteiger partial charge in [-0.3, -0.25) is 4.90 Å². The maximum absolute atomic E-state index is 14.2. The Hall–Kier alpha value is -4.93. The number of terminal acetylenes is 1. The Labute approximate surface area is 323 Å². The summed E-state index contributed by atoms with van der Waals surface area (Å²) in [4.78, 5) is 16.0. The molecule has 0 aromatic heterocycles. The molecule has 0 N–H and O–H groups in total. The van der Waals surface area contributed by atoms with Crippen LogP contribution in [0.3, 0.4) is 0 Å². The van der Waals surface area contributed by atoms with Gasteiger partial charge in [0.05, 0.1) is 12.6 Å². The van der Waals surface area contributed by atoms with Gasteiger partial charge in [-0.25, -0.2) is 4.79 Å². The summed E-state index contributed by atoms with van der Waals surface area (Å²) < 4.78 is 20.8. The van der Waals surface area contributed by atoms with Crippen LogP contribution >= 0.6 is 0 Å². The van der Waals surface area contributed by atoms with E-state index in [0.717, 1.165) is 16.7 Å². The SMILES string of the molecule is C#C[C@H]1[C@H](CO[Si](c2ccccc2)(c2ccccc2)C(C)(C)C)C[C@H](COC(c2ccccc2)(c2ccccc2)c2ccccc2)N1C(=O)OC(C)(C)C. The highest BCUT2D eigenvalue weighted by atomic mass is 28.4. The molecule has 0 aliphatic carbocycles. The van der Waals surface area contributed by atoms with Crippen LogP contribution < -0.4 is 10.4 Å².